The van der Waals surface area contributed by atoms with Gasteiger partial charge < -0.3 is 18.9 Å². The second-order valence-corrected chi connectivity index (χ2v) is 6.47. The first kappa shape index (κ1) is 17.1. The van der Waals surface area contributed by atoms with Gasteiger partial charge in [0.1, 0.15) is 5.56 Å². The van der Waals surface area contributed by atoms with Crippen molar-refractivity contribution in [2.45, 2.75) is 25.8 Å². The van der Waals surface area contributed by atoms with Gasteiger partial charge in [0.2, 0.25) is 5.76 Å². The fourth-order valence-electron chi connectivity index (χ4n) is 3.39. The molecule has 1 fully saturated rings. The Bertz CT molecular complexity index is 964. The van der Waals surface area contributed by atoms with Crippen LogP contribution >= 0.6 is 0 Å². The van der Waals surface area contributed by atoms with Gasteiger partial charge in [0, 0.05) is 19.2 Å². The van der Waals surface area contributed by atoms with Crippen molar-refractivity contribution in [3.63, 3.8) is 0 Å². The monoisotopic (exact) mass is 370 g/mol. The predicted octanol–water partition coefficient (Wildman–Crippen LogP) is 2.62. The topological polar surface area (TPSA) is 115 Å². The first-order chi connectivity index (χ1) is 13.0. The number of carbonyl (C=O) groups excluding carboxylic acids is 1. The summed E-state index contributed by atoms with van der Waals surface area (Å²) < 4.78 is 12.2. The molecule has 0 radical (unpaired) electrons. The van der Waals surface area contributed by atoms with E-state index in [2.05, 4.69) is 10.3 Å². The van der Waals surface area contributed by atoms with E-state index >= 15 is 0 Å². The molecule has 3 aromatic rings. The normalized spacial score (nSPS) is 15.2. The number of aromatic carboxylic acids is 1. The summed E-state index contributed by atoms with van der Waals surface area (Å²) in [6.45, 7) is 2.82. The molecule has 0 aliphatic carbocycles. The number of rotatable bonds is 4. The third kappa shape index (κ3) is 3.12. The Labute approximate surface area is 154 Å². The third-order valence-corrected chi connectivity index (χ3v) is 4.87. The maximum absolute atomic E-state index is 12.7. The van der Waals surface area contributed by atoms with Gasteiger partial charge in [-0.15, -0.1) is 0 Å². The number of carboxylic acid groups (broad SMARTS) is 1. The van der Waals surface area contributed by atoms with Gasteiger partial charge in [-0.2, -0.15) is 5.10 Å². The van der Waals surface area contributed by atoms with Crippen LogP contribution in [0.4, 0.5) is 0 Å². The average molecular weight is 370 g/mol. The van der Waals surface area contributed by atoms with Crippen molar-refractivity contribution in [3.8, 4) is 11.5 Å². The van der Waals surface area contributed by atoms with Crippen molar-refractivity contribution in [2.75, 3.05) is 13.1 Å². The number of carbonyl (C=O) groups is 2. The van der Waals surface area contributed by atoms with Crippen LogP contribution in [0.15, 0.2) is 39.6 Å². The number of carboxylic acids is 1. The van der Waals surface area contributed by atoms with Crippen LogP contribution in [-0.4, -0.2) is 49.9 Å². The lowest BCUT2D eigenvalue weighted by Gasteiger charge is -2.32. The summed E-state index contributed by atoms with van der Waals surface area (Å²) >= 11 is 0. The second-order valence-electron chi connectivity index (χ2n) is 6.47. The number of hydrogen-bond acceptors (Lipinski definition) is 6. The Balaban J connectivity index is 1.42. The molecule has 0 unspecified atom stereocenters. The Morgan fingerprint density at radius 3 is 2.67 bits per heavy atom. The molecule has 1 aliphatic rings. The summed E-state index contributed by atoms with van der Waals surface area (Å²) in [6.07, 6.45) is 4.28. The summed E-state index contributed by atoms with van der Waals surface area (Å²) in [6, 6.07) is 5.11. The van der Waals surface area contributed by atoms with Gasteiger partial charge in [-0.05, 0) is 31.9 Å². The van der Waals surface area contributed by atoms with Gasteiger partial charge in [0.05, 0.1) is 24.2 Å². The number of aromatic nitrogens is 3. The fourth-order valence-corrected chi connectivity index (χ4v) is 3.39. The van der Waals surface area contributed by atoms with Crippen LogP contribution in [-0.2, 0) is 0 Å². The van der Waals surface area contributed by atoms with Crippen LogP contribution in [0.25, 0.3) is 11.5 Å². The second kappa shape index (κ2) is 6.75. The fraction of sp³-hybridized carbons (Fsp3) is 0.333. The molecule has 140 valence electrons. The molecule has 0 spiro atoms. The zero-order valence-corrected chi connectivity index (χ0v) is 14.7. The minimum Gasteiger partial charge on any atom is -0.478 e. The number of amides is 1. The van der Waals surface area contributed by atoms with Gasteiger partial charge in [-0.1, -0.05) is 5.16 Å². The average Bonchev–Trinajstić information content (AvgIpc) is 3.41. The summed E-state index contributed by atoms with van der Waals surface area (Å²) in [4.78, 5) is 25.6. The molecule has 1 N–H and O–H groups in total. The predicted molar refractivity (Wildman–Crippen MR) is 92.3 cm³/mol. The highest BCUT2D eigenvalue weighted by atomic mass is 16.5. The highest BCUT2D eigenvalue weighted by Crippen LogP contribution is 2.26. The van der Waals surface area contributed by atoms with Gasteiger partial charge in [0.25, 0.3) is 5.91 Å². The first-order valence-corrected chi connectivity index (χ1v) is 8.62. The van der Waals surface area contributed by atoms with Crippen LogP contribution in [0, 0.1) is 6.92 Å². The number of piperidine rings is 1. The zero-order chi connectivity index (χ0) is 19.0. The minimum absolute atomic E-state index is 0.0677. The van der Waals surface area contributed by atoms with Crippen molar-refractivity contribution >= 4 is 11.9 Å². The van der Waals surface area contributed by atoms with E-state index in [9.17, 15) is 9.59 Å². The van der Waals surface area contributed by atoms with Crippen molar-refractivity contribution in [1.82, 2.24) is 19.8 Å². The van der Waals surface area contributed by atoms with E-state index in [0.717, 1.165) is 0 Å². The molecule has 1 saturated heterocycles. The summed E-state index contributed by atoms with van der Waals surface area (Å²) in [5, 5.41) is 17.2. The maximum atomic E-state index is 12.7. The molecular weight excluding hydrogens is 352 g/mol. The SMILES string of the molecule is Cc1c(C(=O)O)cnn1C1CCN(C(=O)c2cc(-c3ccco3)on2)CC1. The van der Waals surface area contributed by atoms with Crippen LogP contribution < -0.4 is 0 Å². The number of nitrogens with zero attached hydrogens (tertiary/aromatic N) is 4. The van der Waals surface area contributed by atoms with Crippen LogP contribution in [0.2, 0.25) is 0 Å². The lowest BCUT2D eigenvalue weighted by atomic mass is 10.0. The van der Waals surface area contributed by atoms with E-state index < -0.39 is 5.97 Å². The smallest absolute Gasteiger partial charge is 0.339 e. The van der Waals surface area contributed by atoms with Crippen molar-refractivity contribution in [3.05, 3.63) is 47.6 Å². The van der Waals surface area contributed by atoms with Crippen LogP contribution in [0.3, 0.4) is 0 Å². The van der Waals surface area contributed by atoms with E-state index in [-0.39, 0.29) is 23.2 Å². The summed E-state index contributed by atoms with van der Waals surface area (Å²) in [5.41, 5.74) is 1.08. The number of furan rings is 1. The van der Waals surface area contributed by atoms with E-state index in [0.29, 0.717) is 43.1 Å². The molecule has 27 heavy (non-hydrogen) atoms. The van der Waals surface area contributed by atoms with Gasteiger partial charge in [-0.25, -0.2) is 4.79 Å². The molecule has 0 bridgehead atoms. The number of hydrogen-bond donors (Lipinski definition) is 1. The van der Waals surface area contributed by atoms with E-state index in [4.69, 9.17) is 14.0 Å². The third-order valence-electron chi connectivity index (χ3n) is 4.87. The molecule has 9 nitrogen and oxygen atoms in total. The minimum atomic E-state index is -0.982. The largest absolute Gasteiger partial charge is 0.478 e. The molecular formula is C18H18N4O5. The Hall–Kier alpha value is -3.36. The van der Waals surface area contributed by atoms with Gasteiger partial charge in [0.15, 0.2) is 11.5 Å². The Morgan fingerprint density at radius 1 is 1.26 bits per heavy atom. The molecule has 0 aromatic carbocycles. The maximum Gasteiger partial charge on any atom is 0.339 e. The summed E-state index contributed by atoms with van der Waals surface area (Å²) in [5.74, 6) is -0.251. The van der Waals surface area contributed by atoms with Crippen LogP contribution in [0.5, 0.6) is 0 Å². The highest BCUT2D eigenvalue weighted by Gasteiger charge is 2.28. The number of likely N-dealkylation sites (tertiary alicyclic amines) is 1. The standard InChI is InChI=1S/C18H18N4O5/c1-11-13(18(24)25)10-19-22(11)12-4-6-21(7-5-12)17(23)14-9-16(27-20-14)15-3-2-8-26-15/h2-3,8-10,12H,4-7H2,1H3,(H,24,25). The van der Waals surface area contributed by atoms with Crippen molar-refractivity contribution in [2.24, 2.45) is 0 Å². The van der Waals surface area contributed by atoms with E-state index in [1.807, 2.05) is 0 Å². The molecule has 1 aliphatic heterocycles. The zero-order valence-electron chi connectivity index (χ0n) is 14.7. The quantitative estimate of drug-likeness (QED) is 0.750. The lowest BCUT2D eigenvalue weighted by Crippen LogP contribution is -2.39. The van der Waals surface area contributed by atoms with Gasteiger partial charge >= 0.3 is 5.97 Å². The van der Waals surface area contributed by atoms with Crippen LogP contribution in [0.1, 0.15) is 45.4 Å². The summed E-state index contributed by atoms with van der Waals surface area (Å²) in [7, 11) is 0. The Kier molecular flexibility index (Phi) is 4.27. The Morgan fingerprint density at radius 2 is 2.04 bits per heavy atom. The molecule has 1 amide bonds. The van der Waals surface area contributed by atoms with Crippen molar-refractivity contribution in [1.29, 1.82) is 0 Å². The first-order valence-electron chi connectivity index (χ1n) is 8.62. The molecule has 0 atom stereocenters. The van der Waals surface area contributed by atoms with E-state index in [1.54, 1.807) is 34.7 Å². The molecule has 0 saturated carbocycles. The van der Waals surface area contributed by atoms with E-state index in [1.165, 1.54) is 12.5 Å². The highest BCUT2D eigenvalue weighted by molar-refractivity contribution is 5.93. The molecule has 4 rings (SSSR count). The molecule has 9 heteroatoms. The molecule has 3 aromatic heterocycles. The molecule has 4 heterocycles. The van der Waals surface area contributed by atoms with Crippen molar-refractivity contribution < 1.29 is 23.6 Å². The lowest BCUT2D eigenvalue weighted by molar-refractivity contribution is 0.0678. The van der Waals surface area contributed by atoms with Gasteiger partial charge in [-0.3, -0.25) is 9.48 Å².